The first kappa shape index (κ1) is 64.6. The Morgan fingerprint density at radius 2 is 0.712 bits per heavy atom. The first-order valence-corrected chi connectivity index (χ1v) is 29.9. The lowest BCUT2D eigenvalue weighted by atomic mass is 10.0. The number of esters is 1. The van der Waals surface area contributed by atoms with E-state index in [-0.39, 0.29) is 18.5 Å². The molecule has 66 heavy (non-hydrogen) atoms. The van der Waals surface area contributed by atoms with Crippen LogP contribution in [0.5, 0.6) is 0 Å². The third kappa shape index (κ3) is 52.0. The number of aliphatic hydroxyl groups excluding tert-OH is 2. The van der Waals surface area contributed by atoms with Crippen molar-refractivity contribution in [2.75, 3.05) is 13.2 Å². The SMILES string of the molecule is CCCCCCCCCCCCCCCCCCCC(=O)OCCCCCCCCCCCC/C=C\CCCCCCCCCC(=O)NC(CO)C(O)CCCCCCCCCCCCC. The molecule has 0 aromatic heterocycles. The Kier molecular flexibility index (Phi) is 55.0. The number of rotatable bonds is 56. The Hall–Kier alpha value is -1.40. The number of unbranched alkanes of at least 4 members (excludes halogenated alkanes) is 43. The predicted molar refractivity (Wildman–Crippen MR) is 287 cm³/mol. The van der Waals surface area contributed by atoms with E-state index in [1.165, 1.54) is 263 Å². The maximum atomic E-state index is 12.4. The zero-order valence-electron chi connectivity index (χ0n) is 44.7. The third-order valence-electron chi connectivity index (χ3n) is 14.1. The Labute approximate surface area is 412 Å². The van der Waals surface area contributed by atoms with E-state index >= 15 is 0 Å². The summed E-state index contributed by atoms with van der Waals surface area (Å²) in [6, 6.07) is -0.545. The summed E-state index contributed by atoms with van der Waals surface area (Å²) in [5.74, 6) is -0.0299. The van der Waals surface area contributed by atoms with E-state index in [2.05, 4.69) is 31.3 Å². The van der Waals surface area contributed by atoms with Crippen LogP contribution in [0.4, 0.5) is 0 Å². The highest BCUT2D eigenvalue weighted by atomic mass is 16.5. The van der Waals surface area contributed by atoms with Gasteiger partial charge in [-0.15, -0.1) is 0 Å². The molecular weight excluding hydrogens is 815 g/mol. The van der Waals surface area contributed by atoms with Gasteiger partial charge in [-0.1, -0.05) is 283 Å². The fourth-order valence-corrected chi connectivity index (χ4v) is 9.46. The number of ether oxygens (including phenoxy) is 1. The topological polar surface area (TPSA) is 95.9 Å². The largest absolute Gasteiger partial charge is 0.466 e. The van der Waals surface area contributed by atoms with E-state index in [0.29, 0.717) is 25.9 Å². The van der Waals surface area contributed by atoms with Crippen LogP contribution in [0.3, 0.4) is 0 Å². The molecule has 0 aliphatic heterocycles. The predicted octanol–water partition coefficient (Wildman–Crippen LogP) is 18.5. The quantitative estimate of drug-likeness (QED) is 0.0321. The van der Waals surface area contributed by atoms with Gasteiger partial charge in [0.05, 0.1) is 25.4 Å². The van der Waals surface area contributed by atoms with Gasteiger partial charge in [0.1, 0.15) is 0 Å². The average Bonchev–Trinajstić information content (AvgIpc) is 3.32. The number of allylic oxidation sites excluding steroid dienone is 2. The van der Waals surface area contributed by atoms with Crippen molar-refractivity contribution in [2.45, 2.75) is 347 Å². The molecule has 0 aromatic carbocycles. The number of hydrogen-bond acceptors (Lipinski definition) is 5. The molecule has 0 heterocycles. The van der Waals surface area contributed by atoms with Crippen molar-refractivity contribution in [1.29, 1.82) is 0 Å². The van der Waals surface area contributed by atoms with Gasteiger partial charge >= 0.3 is 5.97 Å². The molecule has 0 saturated carbocycles. The second kappa shape index (κ2) is 56.2. The lowest BCUT2D eigenvalue weighted by Gasteiger charge is -2.22. The van der Waals surface area contributed by atoms with Crippen molar-refractivity contribution in [2.24, 2.45) is 0 Å². The monoisotopic (exact) mass is 932 g/mol. The summed E-state index contributed by atoms with van der Waals surface area (Å²) in [5.41, 5.74) is 0. The molecule has 2 unspecified atom stereocenters. The minimum atomic E-state index is -0.667. The molecule has 0 bridgehead atoms. The highest BCUT2D eigenvalue weighted by Crippen LogP contribution is 2.17. The van der Waals surface area contributed by atoms with Gasteiger partial charge < -0.3 is 20.3 Å². The Balaban J connectivity index is 3.38. The van der Waals surface area contributed by atoms with Crippen molar-refractivity contribution >= 4 is 11.9 Å². The molecule has 0 radical (unpaired) electrons. The lowest BCUT2D eigenvalue weighted by molar-refractivity contribution is -0.143. The van der Waals surface area contributed by atoms with Crippen LogP contribution in [0.15, 0.2) is 12.2 Å². The van der Waals surface area contributed by atoms with Gasteiger partial charge in [0.15, 0.2) is 0 Å². The molecule has 2 atom stereocenters. The van der Waals surface area contributed by atoms with Crippen molar-refractivity contribution in [1.82, 2.24) is 5.32 Å². The summed E-state index contributed by atoms with van der Waals surface area (Å²) in [6.45, 7) is 4.96. The van der Waals surface area contributed by atoms with Crippen LogP contribution in [0, 0.1) is 0 Å². The van der Waals surface area contributed by atoms with E-state index in [4.69, 9.17) is 4.74 Å². The lowest BCUT2D eigenvalue weighted by Crippen LogP contribution is -2.45. The van der Waals surface area contributed by atoms with Gasteiger partial charge in [-0.3, -0.25) is 9.59 Å². The Bertz CT molecular complexity index is 986. The van der Waals surface area contributed by atoms with Gasteiger partial charge in [-0.2, -0.15) is 0 Å². The molecule has 1 amide bonds. The van der Waals surface area contributed by atoms with Crippen molar-refractivity contribution in [3.05, 3.63) is 12.2 Å². The summed E-state index contributed by atoms with van der Waals surface area (Å²) in [6.07, 6.45) is 66.4. The van der Waals surface area contributed by atoms with E-state index in [0.717, 1.165) is 38.5 Å². The highest BCUT2D eigenvalue weighted by molar-refractivity contribution is 5.76. The van der Waals surface area contributed by atoms with Crippen LogP contribution in [0.1, 0.15) is 335 Å². The summed E-state index contributed by atoms with van der Waals surface area (Å²) in [4.78, 5) is 24.5. The van der Waals surface area contributed by atoms with E-state index < -0.39 is 12.1 Å². The smallest absolute Gasteiger partial charge is 0.305 e. The van der Waals surface area contributed by atoms with Gasteiger partial charge in [0, 0.05) is 12.8 Å². The van der Waals surface area contributed by atoms with E-state index in [1.807, 2.05) is 0 Å². The maximum Gasteiger partial charge on any atom is 0.305 e. The number of hydrogen-bond donors (Lipinski definition) is 3. The summed E-state index contributed by atoms with van der Waals surface area (Å²) in [5, 5.41) is 23.2. The first-order chi connectivity index (χ1) is 32.5. The number of amides is 1. The standard InChI is InChI=1S/C60H117NO5/c1-3-5-7-9-11-13-15-16-17-23-27-30-34-38-42-46-50-54-60(65)66-55-51-47-43-39-35-31-28-25-22-20-18-19-21-24-26-29-33-37-41-45-49-53-59(64)61-57(56-62)58(63)52-48-44-40-36-32-14-12-10-8-6-4-2/h19,21,57-58,62-63H,3-18,20,22-56H2,1-2H3,(H,61,64)/b21-19-. The van der Waals surface area contributed by atoms with Crippen LogP contribution in [0.2, 0.25) is 0 Å². The zero-order chi connectivity index (χ0) is 47.9. The van der Waals surface area contributed by atoms with E-state index in [1.54, 1.807) is 0 Å². The van der Waals surface area contributed by atoms with Gasteiger partial charge in [-0.05, 0) is 51.4 Å². The second-order valence-corrected chi connectivity index (χ2v) is 20.7. The number of carbonyl (C=O) groups is 2. The molecule has 0 aliphatic rings. The normalized spacial score (nSPS) is 12.6. The van der Waals surface area contributed by atoms with Crippen molar-refractivity contribution in [3.63, 3.8) is 0 Å². The Morgan fingerprint density at radius 1 is 0.409 bits per heavy atom. The fraction of sp³-hybridized carbons (Fsp3) is 0.933. The van der Waals surface area contributed by atoms with Crippen LogP contribution < -0.4 is 5.32 Å². The summed E-state index contributed by atoms with van der Waals surface area (Å²) >= 11 is 0. The molecule has 0 saturated heterocycles. The molecule has 3 N–H and O–H groups in total. The minimum absolute atomic E-state index is 0.0126. The third-order valence-corrected chi connectivity index (χ3v) is 14.1. The number of aliphatic hydroxyl groups is 2. The molecule has 0 aromatic rings. The van der Waals surface area contributed by atoms with Crippen molar-refractivity contribution < 1.29 is 24.5 Å². The van der Waals surface area contributed by atoms with Crippen LogP contribution in [-0.4, -0.2) is 47.4 Å². The molecule has 0 spiro atoms. The molecule has 0 rings (SSSR count). The van der Waals surface area contributed by atoms with Crippen molar-refractivity contribution in [3.8, 4) is 0 Å². The minimum Gasteiger partial charge on any atom is -0.466 e. The summed E-state index contributed by atoms with van der Waals surface area (Å²) < 4.78 is 5.49. The summed E-state index contributed by atoms with van der Waals surface area (Å²) in [7, 11) is 0. The maximum absolute atomic E-state index is 12.4. The van der Waals surface area contributed by atoms with Crippen LogP contribution >= 0.6 is 0 Å². The number of carbonyl (C=O) groups excluding carboxylic acids is 2. The molecule has 392 valence electrons. The average molecular weight is 933 g/mol. The van der Waals surface area contributed by atoms with Gasteiger partial charge in [-0.25, -0.2) is 0 Å². The zero-order valence-corrected chi connectivity index (χ0v) is 44.7. The molecule has 0 fully saturated rings. The Morgan fingerprint density at radius 3 is 1.08 bits per heavy atom. The molecule has 6 heteroatoms. The van der Waals surface area contributed by atoms with Crippen LogP contribution in [0.25, 0.3) is 0 Å². The van der Waals surface area contributed by atoms with Crippen LogP contribution in [-0.2, 0) is 14.3 Å². The second-order valence-electron chi connectivity index (χ2n) is 20.7. The van der Waals surface area contributed by atoms with Gasteiger partial charge in [0.2, 0.25) is 5.91 Å². The molecule has 0 aliphatic carbocycles. The van der Waals surface area contributed by atoms with E-state index in [9.17, 15) is 19.8 Å². The fourth-order valence-electron chi connectivity index (χ4n) is 9.46. The molecular formula is C60H117NO5. The van der Waals surface area contributed by atoms with Gasteiger partial charge in [0.25, 0.3) is 0 Å². The molecule has 6 nitrogen and oxygen atoms in total. The highest BCUT2D eigenvalue weighted by Gasteiger charge is 2.20. The number of nitrogens with one attached hydrogen (secondary N) is 1. The first-order valence-electron chi connectivity index (χ1n) is 29.9.